The molecule has 0 bridgehead atoms. The average molecular weight is 324 g/mol. The number of phenols is 1. The number of phenolic OH excluding ortho intramolecular Hbond substituents is 1. The van der Waals surface area contributed by atoms with Crippen LogP contribution >= 0.6 is 31.9 Å². The highest BCUT2D eigenvalue weighted by Crippen LogP contribution is 2.44. The van der Waals surface area contributed by atoms with Crippen molar-refractivity contribution < 1.29 is 15.0 Å². The van der Waals surface area contributed by atoms with Crippen LogP contribution in [0.5, 0.6) is 5.75 Å². The maximum atomic E-state index is 10.6. The van der Waals surface area contributed by atoms with Crippen LogP contribution in [0.25, 0.3) is 0 Å². The molecule has 0 aliphatic carbocycles. The maximum absolute atomic E-state index is 10.6. The van der Waals surface area contributed by atoms with Gasteiger partial charge in [0.15, 0.2) is 0 Å². The first-order chi connectivity index (χ1) is 6.43. The van der Waals surface area contributed by atoms with Crippen molar-refractivity contribution in [3.8, 4) is 5.75 Å². The predicted molar refractivity (Wildman–Crippen MR) is 59.9 cm³/mol. The average Bonchev–Trinajstić information content (AvgIpc) is 2.02. The van der Waals surface area contributed by atoms with Gasteiger partial charge in [-0.15, -0.1) is 0 Å². The standard InChI is InChI=1S/C9H8Br2O3/c10-9(11,5-8(13)14)6-3-1-2-4-7(6)12/h1-4,12H,5H2,(H,13,14). The molecule has 0 saturated heterocycles. The minimum absolute atomic E-state index is 0.0579. The molecule has 0 saturated carbocycles. The normalized spacial score (nSPS) is 11.3. The van der Waals surface area contributed by atoms with Crippen molar-refractivity contribution >= 4 is 37.8 Å². The molecule has 0 aliphatic heterocycles. The zero-order valence-corrected chi connectivity index (χ0v) is 10.2. The van der Waals surface area contributed by atoms with Gasteiger partial charge >= 0.3 is 5.97 Å². The monoisotopic (exact) mass is 322 g/mol. The maximum Gasteiger partial charge on any atom is 0.306 e. The van der Waals surface area contributed by atoms with E-state index < -0.39 is 9.20 Å². The van der Waals surface area contributed by atoms with Gasteiger partial charge in [0.2, 0.25) is 0 Å². The lowest BCUT2D eigenvalue weighted by Crippen LogP contribution is -2.14. The van der Waals surface area contributed by atoms with Crippen LogP contribution in [-0.4, -0.2) is 16.2 Å². The lowest BCUT2D eigenvalue weighted by atomic mass is 10.1. The summed E-state index contributed by atoms with van der Waals surface area (Å²) in [4.78, 5) is 10.6. The van der Waals surface area contributed by atoms with Crippen molar-refractivity contribution in [2.45, 2.75) is 9.65 Å². The minimum atomic E-state index is -0.956. The Balaban J connectivity index is 3.03. The summed E-state index contributed by atoms with van der Waals surface area (Å²) < 4.78 is -0.919. The van der Waals surface area contributed by atoms with Gasteiger partial charge < -0.3 is 10.2 Å². The van der Waals surface area contributed by atoms with E-state index in [0.717, 1.165) is 0 Å². The Hall–Kier alpha value is -0.550. The number of aliphatic carboxylic acids is 1. The summed E-state index contributed by atoms with van der Waals surface area (Å²) in [6.45, 7) is 0. The van der Waals surface area contributed by atoms with Crippen LogP contribution in [0.4, 0.5) is 0 Å². The highest BCUT2D eigenvalue weighted by molar-refractivity contribution is 9.24. The van der Waals surface area contributed by atoms with Gasteiger partial charge in [0, 0.05) is 5.56 Å². The first-order valence-corrected chi connectivity index (χ1v) is 5.40. The van der Waals surface area contributed by atoms with Gasteiger partial charge in [-0.2, -0.15) is 0 Å². The van der Waals surface area contributed by atoms with Gasteiger partial charge in [0.05, 0.1) is 6.42 Å². The molecule has 5 heteroatoms. The van der Waals surface area contributed by atoms with E-state index in [0.29, 0.717) is 5.56 Å². The van der Waals surface area contributed by atoms with Gasteiger partial charge in [-0.05, 0) is 6.07 Å². The molecule has 1 aromatic carbocycles. The first-order valence-electron chi connectivity index (χ1n) is 3.81. The molecule has 0 aromatic heterocycles. The third-order valence-electron chi connectivity index (χ3n) is 1.67. The Bertz CT molecular complexity index is 350. The van der Waals surface area contributed by atoms with Gasteiger partial charge in [0.1, 0.15) is 8.98 Å². The van der Waals surface area contributed by atoms with E-state index >= 15 is 0 Å². The fraction of sp³-hybridized carbons (Fsp3) is 0.222. The lowest BCUT2D eigenvalue weighted by Gasteiger charge is -2.19. The zero-order chi connectivity index (χ0) is 10.8. The fourth-order valence-electron chi connectivity index (χ4n) is 1.07. The minimum Gasteiger partial charge on any atom is -0.508 e. The molecule has 0 radical (unpaired) electrons. The van der Waals surface area contributed by atoms with E-state index in [4.69, 9.17) is 5.11 Å². The number of hydrogen-bond donors (Lipinski definition) is 2. The van der Waals surface area contributed by atoms with Gasteiger partial charge in [-0.3, -0.25) is 4.79 Å². The van der Waals surface area contributed by atoms with Crippen molar-refractivity contribution in [2.75, 3.05) is 0 Å². The molecule has 76 valence electrons. The molecule has 14 heavy (non-hydrogen) atoms. The molecule has 3 nitrogen and oxygen atoms in total. The highest BCUT2D eigenvalue weighted by Gasteiger charge is 2.30. The Labute approximate surface area is 98.0 Å². The van der Waals surface area contributed by atoms with E-state index in [1.807, 2.05) is 0 Å². The SMILES string of the molecule is O=C(O)CC(Br)(Br)c1ccccc1O. The zero-order valence-electron chi connectivity index (χ0n) is 7.08. The molecule has 0 fully saturated rings. The number of carboxylic acids is 1. The number of carbonyl (C=O) groups is 1. The van der Waals surface area contributed by atoms with Crippen molar-refractivity contribution in [1.29, 1.82) is 0 Å². The number of halogens is 2. The summed E-state index contributed by atoms with van der Waals surface area (Å²) in [5.41, 5.74) is 0.502. The van der Waals surface area contributed by atoms with Crippen LogP contribution in [0.1, 0.15) is 12.0 Å². The Morgan fingerprint density at radius 2 is 1.93 bits per heavy atom. The van der Waals surface area contributed by atoms with Crippen LogP contribution in [0.2, 0.25) is 0 Å². The smallest absolute Gasteiger partial charge is 0.306 e. The van der Waals surface area contributed by atoms with Gasteiger partial charge in [-0.25, -0.2) is 0 Å². The molecule has 2 N–H and O–H groups in total. The van der Waals surface area contributed by atoms with E-state index in [-0.39, 0.29) is 12.2 Å². The third kappa shape index (κ3) is 2.72. The molecular formula is C9H8Br2O3. The van der Waals surface area contributed by atoms with Crippen molar-refractivity contribution in [1.82, 2.24) is 0 Å². The number of carboxylic acid groups (broad SMARTS) is 1. The Morgan fingerprint density at radius 1 is 1.36 bits per heavy atom. The van der Waals surface area contributed by atoms with Crippen LogP contribution < -0.4 is 0 Å². The first kappa shape index (κ1) is 11.5. The van der Waals surface area contributed by atoms with E-state index in [2.05, 4.69) is 31.9 Å². The summed E-state index contributed by atoms with van der Waals surface area (Å²) in [5.74, 6) is -0.899. The Kier molecular flexibility index (Phi) is 3.55. The molecule has 0 aliphatic rings. The number of rotatable bonds is 3. The van der Waals surface area contributed by atoms with E-state index in [1.165, 1.54) is 6.07 Å². The van der Waals surface area contributed by atoms with Gasteiger partial charge in [-0.1, -0.05) is 50.1 Å². The van der Waals surface area contributed by atoms with Crippen LogP contribution in [0.3, 0.4) is 0 Å². The second-order valence-corrected chi connectivity index (χ2v) is 6.56. The van der Waals surface area contributed by atoms with E-state index in [9.17, 15) is 9.90 Å². The topological polar surface area (TPSA) is 57.5 Å². The summed E-state index contributed by atoms with van der Waals surface area (Å²) in [7, 11) is 0. The van der Waals surface area contributed by atoms with Gasteiger partial charge in [0.25, 0.3) is 0 Å². The molecule has 0 heterocycles. The van der Waals surface area contributed by atoms with Crippen molar-refractivity contribution in [3.63, 3.8) is 0 Å². The second kappa shape index (κ2) is 4.31. The van der Waals surface area contributed by atoms with Crippen molar-refractivity contribution in [3.05, 3.63) is 29.8 Å². The number of aromatic hydroxyl groups is 1. The molecular weight excluding hydrogens is 316 g/mol. The number of alkyl halides is 2. The fourth-order valence-corrected chi connectivity index (χ4v) is 2.22. The van der Waals surface area contributed by atoms with Crippen LogP contribution in [-0.2, 0) is 8.03 Å². The van der Waals surface area contributed by atoms with Crippen LogP contribution in [0, 0.1) is 0 Å². The summed E-state index contributed by atoms with van der Waals surface area (Å²) in [6.07, 6.45) is -0.162. The molecule has 1 rings (SSSR count). The predicted octanol–water partition coefficient (Wildman–Crippen LogP) is 2.81. The summed E-state index contributed by atoms with van der Waals surface area (Å²) >= 11 is 6.43. The quantitative estimate of drug-likeness (QED) is 0.841. The Morgan fingerprint density at radius 3 is 2.43 bits per heavy atom. The van der Waals surface area contributed by atoms with E-state index in [1.54, 1.807) is 18.2 Å². The third-order valence-corrected chi connectivity index (χ3v) is 3.09. The molecule has 0 spiro atoms. The summed E-state index contributed by atoms with van der Waals surface area (Å²) in [6, 6.07) is 6.57. The number of para-hydroxylation sites is 1. The van der Waals surface area contributed by atoms with Crippen molar-refractivity contribution in [2.24, 2.45) is 0 Å². The number of hydrogen-bond acceptors (Lipinski definition) is 2. The highest BCUT2D eigenvalue weighted by atomic mass is 79.9. The molecule has 0 amide bonds. The van der Waals surface area contributed by atoms with Crippen LogP contribution in [0.15, 0.2) is 24.3 Å². The molecule has 0 atom stereocenters. The lowest BCUT2D eigenvalue weighted by molar-refractivity contribution is -0.137. The molecule has 0 unspecified atom stereocenters. The molecule has 1 aromatic rings. The number of benzene rings is 1. The second-order valence-electron chi connectivity index (χ2n) is 2.79. The largest absolute Gasteiger partial charge is 0.508 e. The summed E-state index contributed by atoms with van der Waals surface area (Å²) in [5, 5.41) is 18.2.